The molecular weight excluding hydrogens is 288 g/mol. The molecule has 0 fully saturated rings. The Hall–Kier alpha value is -2.89. The first-order valence-electron chi connectivity index (χ1n) is 6.63. The summed E-state index contributed by atoms with van der Waals surface area (Å²) in [5, 5.41) is 29.5. The summed E-state index contributed by atoms with van der Waals surface area (Å²) in [4.78, 5) is 11.8. The highest BCUT2D eigenvalue weighted by atomic mass is 16.5. The third-order valence-corrected chi connectivity index (χ3v) is 3.65. The van der Waals surface area contributed by atoms with E-state index in [9.17, 15) is 20.1 Å². The quantitative estimate of drug-likeness (QED) is 0.581. The topological polar surface area (TPSA) is 96.2 Å². The highest BCUT2D eigenvalue weighted by Crippen LogP contribution is 2.46. The standard InChI is InChI=1S/C16H14O6/c1-21-13-3-2-8(4-11(13)18)10-7-15(20)22-14-6-9(17)5-12(19)16(10)14/h2-6,10,17-19H,7H2,1H3/t10-/m1/s1. The molecule has 0 saturated carbocycles. The number of methoxy groups -OCH3 is 1. The molecule has 0 bridgehead atoms. The van der Waals surface area contributed by atoms with Gasteiger partial charge in [-0.25, -0.2) is 0 Å². The van der Waals surface area contributed by atoms with Gasteiger partial charge in [0.05, 0.1) is 13.5 Å². The van der Waals surface area contributed by atoms with Gasteiger partial charge in [-0.15, -0.1) is 0 Å². The lowest BCUT2D eigenvalue weighted by molar-refractivity contribution is -0.135. The maximum Gasteiger partial charge on any atom is 0.312 e. The molecule has 1 heterocycles. The molecule has 3 N–H and O–H groups in total. The highest BCUT2D eigenvalue weighted by Gasteiger charge is 2.32. The third kappa shape index (κ3) is 2.28. The van der Waals surface area contributed by atoms with E-state index in [2.05, 4.69) is 0 Å². The fourth-order valence-corrected chi connectivity index (χ4v) is 2.67. The lowest BCUT2D eigenvalue weighted by Gasteiger charge is -2.26. The van der Waals surface area contributed by atoms with E-state index < -0.39 is 11.9 Å². The van der Waals surface area contributed by atoms with Gasteiger partial charge in [-0.2, -0.15) is 0 Å². The Bertz CT molecular complexity index is 753. The number of carbonyl (C=O) groups is 1. The second kappa shape index (κ2) is 5.14. The number of aromatic hydroxyl groups is 3. The summed E-state index contributed by atoms with van der Waals surface area (Å²) < 4.78 is 10.1. The molecule has 0 spiro atoms. The Kier molecular flexibility index (Phi) is 3.29. The van der Waals surface area contributed by atoms with E-state index in [0.717, 1.165) is 0 Å². The number of benzene rings is 2. The Morgan fingerprint density at radius 1 is 1.14 bits per heavy atom. The zero-order chi connectivity index (χ0) is 15.9. The van der Waals surface area contributed by atoms with Gasteiger partial charge in [0.25, 0.3) is 0 Å². The zero-order valence-corrected chi connectivity index (χ0v) is 11.7. The molecule has 6 nitrogen and oxygen atoms in total. The lowest BCUT2D eigenvalue weighted by Crippen LogP contribution is -2.21. The monoisotopic (exact) mass is 302 g/mol. The molecule has 1 aliphatic rings. The van der Waals surface area contributed by atoms with Crippen LogP contribution in [-0.4, -0.2) is 28.4 Å². The summed E-state index contributed by atoms with van der Waals surface area (Å²) in [5.74, 6) is -0.929. The number of hydrogen-bond donors (Lipinski definition) is 3. The minimum atomic E-state index is -0.478. The average Bonchev–Trinajstić information content (AvgIpc) is 2.45. The van der Waals surface area contributed by atoms with E-state index in [4.69, 9.17) is 9.47 Å². The molecule has 2 aromatic carbocycles. The summed E-state index contributed by atoms with van der Waals surface area (Å²) in [6.07, 6.45) is 0.0249. The van der Waals surface area contributed by atoms with Gasteiger partial charge in [0.2, 0.25) is 0 Å². The first-order chi connectivity index (χ1) is 10.5. The molecule has 3 rings (SSSR count). The van der Waals surface area contributed by atoms with Crippen LogP contribution < -0.4 is 9.47 Å². The van der Waals surface area contributed by atoms with Gasteiger partial charge in [0.1, 0.15) is 17.2 Å². The molecule has 22 heavy (non-hydrogen) atoms. The molecule has 6 heteroatoms. The molecule has 0 amide bonds. The maximum atomic E-state index is 11.8. The van der Waals surface area contributed by atoms with E-state index in [1.165, 1.54) is 25.3 Å². The summed E-state index contributed by atoms with van der Waals surface area (Å²) in [6, 6.07) is 7.24. The summed E-state index contributed by atoms with van der Waals surface area (Å²) in [6.45, 7) is 0. The van der Waals surface area contributed by atoms with Crippen LogP contribution in [0.5, 0.6) is 28.7 Å². The second-order valence-corrected chi connectivity index (χ2v) is 5.04. The van der Waals surface area contributed by atoms with Crippen LogP contribution in [0.2, 0.25) is 0 Å². The van der Waals surface area contributed by atoms with Crippen molar-refractivity contribution in [1.82, 2.24) is 0 Å². The largest absolute Gasteiger partial charge is 0.508 e. The maximum absolute atomic E-state index is 11.8. The van der Waals surface area contributed by atoms with E-state index >= 15 is 0 Å². The van der Waals surface area contributed by atoms with Gasteiger partial charge < -0.3 is 24.8 Å². The van der Waals surface area contributed by atoms with Gasteiger partial charge in [-0.3, -0.25) is 4.79 Å². The Balaban J connectivity index is 2.13. The first kappa shape index (κ1) is 14.1. The van der Waals surface area contributed by atoms with Crippen molar-refractivity contribution in [2.45, 2.75) is 12.3 Å². The SMILES string of the molecule is COc1ccc([C@H]2CC(=O)Oc3cc(O)cc(O)c32)cc1O. The van der Waals surface area contributed by atoms with Gasteiger partial charge >= 0.3 is 5.97 Å². The first-order valence-corrected chi connectivity index (χ1v) is 6.63. The zero-order valence-electron chi connectivity index (χ0n) is 11.7. The predicted octanol–water partition coefficient (Wildman–Crippen LogP) is 2.25. The van der Waals surface area contributed by atoms with Crippen LogP contribution in [0.15, 0.2) is 30.3 Å². The fraction of sp³-hybridized carbons (Fsp3) is 0.188. The number of phenolic OH excluding ortho intramolecular Hbond substituents is 3. The summed E-state index contributed by atoms with van der Waals surface area (Å²) >= 11 is 0. The number of phenols is 3. The van der Waals surface area contributed by atoms with Crippen LogP contribution in [0.25, 0.3) is 0 Å². The molecule has 0 saturated heterocycles. The minimum absolute atomic E-state index is 0.0249. The summed E-state index contributed by atoms with van der Waals surface area (Å²) in [7, 11) is 1.44. The molecule has 0 radical (unpaired) electrons. The van der Waals surface area contributed by atoms with Gasteiger partial charge in [-0.1, -0.05) is 6.07 Å². The average molecular weight is 302 g/mol. The molecular formula is C16H14O6. The smallest absolute Gasteiger partial charge is 0.312 e. The van der Waals surface area contributed by atoms with Crippen LogP contribution in [0.3, 0.4) is 0 Å². The Labute approximate surface area is 126 Å². The molecule has 0 unspecified atom stereocenters. The van der Waals surface area contributed by atoms with Crippen molar-refractivity contribution >= 4 is 5.97 Å². The van der Waals surface area contributed by atoms with Crippen LogP contribution >= 0.6 is 0 Å². The van der Waals surface area contributed by atoms with Crippen molar-refractivity contribution in [2.24, 2.45) is 0 Å². The van der Waals surface area contributed by atoms with Crippen molar-refractivity contribution in [3.8, 4) is 28.7 Å². The van der Waals surface area contributed by atoms with Crippen molar-refractivity contribution in [2.75, 3.05) is 7.11 Å². The number of hydrogen-bond acceptors (Lipinski definition) is 6. The van der Waals surface area contributed by atoms with Gasteiger partial charge in [0, 0.05) is 23.6 Å². The van der Waals surface area contributed by atoms with Crippen molar-refractivity contribution < 1.29 is 29.6 Å². The summed E-state index contributed by atoms with van der Waals surface area (Å²) in [5.41, 5.74) is 1.04. The van der Waals surface area contributed by atoms with Gasteiger partial charge in [0.15, 0.2) is 11.5 Å². The van der Waals surface area contributed by atoms with Gasteiger partial charge in [-0.05, 0) is 17.7 Å². The molecule has 0 aromatic heterocycles. The second-order valence-electron chi connectivity index (χ2n) is 5.04. The molecule has 1 aliphatic heterocycles. The number of ether oxygens (including phenoxy) is 2. The third-order valence-electron chi connectivity index (χ3n) is 3.65. The van der Waals surface area contributed by atoms with Crippen molar-refractivity contribution in [3.05, 3.63) is 41.5 Å². The minimum Gasteiger partial charge on any atom is -0.508 e. The molecule has 1 atom stereocenters. The van der Waals surface area contributed by atoms with Crippen molar-refractivity contribution in [3.63, 3.8) is 0 Å². The van der Waals surface area contributed by atoms with Crippen molar-refractivity contribution in [1.29, 1.82) is 0 Å². The van der Waals surface area contributed by atoms with E-state index in [-0.39, 0.29) is 29.4 Å². The van der Waals surface area contributed by atoms with Crippen LogP contribution in [0.1, 0.15) is 23.5 Å². The predicted molar refractivity (Wildman–Crippen MR) is 76.5 cm³/mol. The Morgan fingerprint density at radius 3 is 2.59 bits per heavy atom. The number of esters is 1. The molecule has 0 aliphatic carbocycles. The lowest BCUT2D eigenvalue weighted by atomic mass is 9.85. The number of carbonyl (C=O) groups excluding carboxylic acids is 1. The number of fused-ring (bicyclic) bond motifs is 1. The number of rotatable bonds is 2. The van der Waals surface area contributed by atoms with E-state index in [0.29, 0.717) is 16.9 Å². The molecule has 2 aromatic rings. The van der Waals surface area contributed by atoms with Crippen LogP contribution in [-0.2, 0) is 4.79 Å². The molecule has 114 valence electrons. The van der Waals surface area contributed by atoms with Crippen LogP contribution in [0, 0.1) is 0 Å². The highest BCUT2D eigenvalue weighted by molar-refractivity contribution is 5.79. The Morgan fingerprint density at radius 2 is 1.91 bits per heavy atom. The van der Waals surface area contributed by atoms with E-state index in [1.54, 1.807) is 12.1 Å². The van der Waals surface area contributed by atoms with E-state index in [1.807, 2.05) is 0 Å². The van der Waals surface area contributed by atoms with Crippen LogP contribution in [0.4, 0.5) is 0 Å². The fourth-order valence-electron chi connectivity index (χ4n) is 2.67. The normalized spacial score (nSPS) is 16.8.